The first-order valence-corrected chi connectivity index (χ1v) is 13.3. The summed E-state index contributed by atoms with van der Waals surface area (Å²) in [6.07, 6.45) is 8.36. The van der Waals surface area contributed by atoms with Gasteiger partial charge in [0.05, 0.1) is 5.41 Å². The van der Waals surface area contributed by atoms with E-state index >= 15 is 0 Å². The van der Waals surface area contributed by atoms with Gasteiger partial charge in [-0.25, -0.2) is 5.10 Å². The number of nitrogens with one attached hydrogen (secondary N) is 3. The van der Waals surface area contributed by atoms with Crippen molar-refractivity contribution in [1.82, 2.24) is 31.3 Å². The molecule has 1 heterocycles. The van der Waals surface area contributed by atoms with E-state index < -0.39 is 5.41 Å². The van der Waals surface area contributed by atoms with Crippen LogP contribution < -0.4 is 16.4 Å². The van der Waals surface area contributed by atoms with Crippen LogP contribution in [-0.2, 0) is 18.3 Å². The summed E-state index contributed by atoms with van der Waals surface area (Å²) in [5, 5.41) is 21.6. The Balaban J connectivity index is 1.74. The standard InChI is InChI=1S/C29H37N7O/c1-18(31-2)20-11-13-24-21(15-20)9-10-22-16-23(27(37)32-3)12-14-25(22)29(24,28-33-35-36-34-28)17-26(30)19-7-5-4-6-8-19/h11-16,19,26,31H,1,4-10,17,30H2,2-3H3,(H,32,37)(H,33,34,35,36)/t26-,29?/m0/s1. The zero-order chi connectivity index (χ0) is 26.0. The third-order valence-electron chi connectivity index (χ3n) is 8.48. The zero-order valence-corrected chi connectivity index (χ0v) is 21.8. The number of aromatic nitrogens is 4. The lowest BCUT2D eigenvalue weighted by molar-refractivity contribution is 0.0963. The number of benzene rings is 2. The van der Waals surface area contributed by atoms with Gasteiger partial charge in [-0.3, -0.25) is 4.79 Å². The lowest BCUT2D eigenvalue weighted by atomic mass is 9.65. The number of nitrogens with zero attached hydrogens (tertiary/aromatic N) is 3. The fraction of sp³-hybridized carbons (Fsp3) is 0.448. The Morgan fingerprint density at radius 3 is 2.30 bits per heavy atom. The SMILES string of the molecule is C=C(NC)c1ccc2c(c1)CCc1cc(C(=O)NC)ccc1C2(C[C@H](N)C1CCCCC1)c1nnn[nH]1. The fourth-order valence-electron chi connectivity index (χ4n) is 6.46. The van der Waals surface area contributed by atoms with Crippen LogP contribution >= 0.6 is 0 Å². The Bertz CT molecular complexity index is 1210. The van der Waals surface area contributed by atoms with E-state index in [9.17, 15) is 4.79 Å². The van der Waals surface area contributed by atoms with E-state index in [4.69, 9.17) is 5.73 Å². The molecule has 2 aliphatic rings. The molecule has 0 bridgehead atoms. The van der Waals surface area contributed by atoms with Gasteiger partial charge in [-0.2, -0.15) is 0 Å². The number of rotatable bonds is 7. The van der Waals surface area contributed by atoms with Gasteiger partial charge in [0.25, 0.3) is 5.91 Å². The van der Waals surface area contributed by atoms with E-state index in [0.29, 0.717) is 23.7 Å². The molecule has 1 saturated carbocycles. The molecule has 0 aliphatic heterocycles. The third-order valence-corrected chi connectivity index (χ3v) is 8.48. The van der Waals surface area contributed by atoms with E-state index in [1.54, 1.807) is 7.05 Å². The first kappa shape index (κ1) is 25.1. The second kappa shape index (κ2) is 10.5. The van der Waals surface area contributed by atoms with Gasteiger partial charge in [0.15, 0.2) is 5.82 Å². The topological polar surface area (TPSA) is 122 Å². The van der Waals surface area contributed by atoms with E-state index in [1.165, 1.54) is 24.8 Å². The van der Waals surface area contributed by atoms with Crippen LogP contribution in [0.15, 0.2) is 43.0 Å². The lowest BCUT2D eigenvalue weighted by Crippen LogP contribution is -2.43. The number of hydrogen-bond donors (Lipinski definition) is 4. The van der Waals surface area contributed by atoms with Crippen molar-refractivity contribution in [1.29, 1.82) is 0 Å². The first-order valence-electron chi connectivity index (χ1n) is 13.3. The molecule has 1 amide bonds. The van der Waals surface area contributed by atoms with Gasteiger partial charge in [0.1, 0.15) is 0 Å². The Kier molecular flexibility index (Phi) is 7.11. The molecule has 2 atom stereocenters. The number of aryl methyl sites for hydroxylation is 2. The fourth-order valence-corrected chi connectivity index (χ4v) is 6.46. The van der Waals surface area contributed by atoms with Gasteiger partial charge < -0.3 is 16.4 Å². The molecule has 8 heteroatoms. The summed E-state index contributed by atoms with van der Waals surface area (Å²) in [5.74, 6) is 1.06. The molecule has 1 aromatic heterocycles. The number of carbonyl (C=O) groups excluding carboxylic acids is 1. The van der Waals surface area contributed by atoms with Crippen LogP contribution in [0.5, 0.6) is 0 Å². The van der Waals surface area contributed by atoms with Gasteiger partial charge in [-0.1, -0.05) is 44.0 Å². The van der Waals surface area contributed by atoms with Crippen molar-refractivity contribution in [2.75, 3.05) is 14.1 Å². The number of H-pyrrole nitrogens is 1. The quantitative estimate of drug-likeness (QED) is 0.395. The van der Waals surface area contributed by atoms with E-state index in [2.05, 4.69) is 62.1 Å². The smallest absolute Gasteiger partial charge is 0.251 e. The molecule has 194 valence electrons. The molecule has 0 saturated heterocycles. The maximum atomic E-state index is 12.5. The van der Waals surface area contributed by atoms with Crippen LogP contribution in [0.3, 0.4) is 0 Å². The number of amides is 1. The number of carbonyl (C=O) groups is 1. The van der Waals surface area contributed by atoms with Crippen molar-refractivity contribution < 1.29 is 4.79 Å². The van der Waals surface area contributed by atoms with Crippen molar-refractivity contribution in [3.8, 4) is 0 Å². The predicted octanol–water partition coefficient (Wildman–Crippen LogP) is 3.48. The van der Waals surface area contributed by atoms with Crippen molar-refractivity contribution in [3.05, 3.63) is 82.2 Å². The predicted molar refractivity (Wildman–Crippen MR) is 145 cm³/mol. The molecule has 5 N–H and O–H groups in total. The van der Waals surface area contributed by atoms with Gasteiger partial charge in [0, 0.05) is 31.4 Å². The number of aromatic amines is 1. The maximum Gasteiger partial charge on any atom is 0.251 e. The van der Waals surface area contributed by atoms with Crippen LogP contribution in [-0.4, -0.2) is 46.7 Å². The number of nitrogens with two attached hydrogens (primary N) is 1. The highest BCUT2D eigenvalue weighted by Gasteiger charge is 2.46. The number of fused-ring (bicyclic) bond motifs is 2. The monoisotopic (exact) mass is 499 g/mol. The van der Waals surface area contributed by atoms with Crippen molar-refractivity contribution >= 4 is 11.6 Å². The van der Waals surface area contributed by atoms with Gasteiger partial charge >= 0.3 is 0 Å². The molecule has 1 unspecified atom stereocenters. The maximum absolute atomic E-state index is 12.5. The third kappa shape index (κ3) is 4.55. The summed E-state index contributed by atoms with van der Waals surface area (Å²) in [4.78, 5) is 12.5. The lowest BCUT2D eigenvalue weighted by Gasteiger charge is -2.39. The summed E-state index contributed by atoms with van der Waals surface area (Å²) < 4.78 is 0. The van der Waals surface area contributed by atoms with E-state index in [0.717, 1.165) is 53.6 Å². The molecule has 3 aromatic rings. The van der Waals surface area contributed by atoms with Crippen molar-refractivity contribution in [3.63, 3.8) is 0 Å². The zero-order valence-electron chi connectivity index (χ0n) is 21.8. The Hall–Kier alpha value is -3.52. The minimum Gasteiger partial charge on any atom is -0.388 e. The molecular weight excluding hydrogens is 462 g/mol. The molecule has 0 radical (unpaired) electrons. The summed E-state index contributed by atoms with van der Waals surface area (Å²) in [6, 6.07) is 12.5. The highest BCUT2D eigenvalue weighted by atomic mass is 16.1. The van der Waals surface area contributed by atoms with E-state index in [1.807, 2.05) is 19.2 Å². The highest BCUT2D eigenvalue weighted by molar-refractivity contribution is 5.94. The molecular formula is C29H37N7O. The van der Waals surface area contributed by atoms with Crippen molar-refractivity contribution in [2.45, 2.75) is 62.8 Å². The summed E-state index contributed by atoms with van der Waals surface area (Å²) in [7, 11) is 3.55. The molecule has 2 aliphatic carbocycles. The molecule has 37 heavy (non-hydrogen) atoms. The van der Waals surface area contributed by atoms with Gasteiger partial charge in [0.2, 0.25) is 0 Å². The van der Waals surface area contributed by atoms with Gasteiger partial charge in [-0.15, -0.1) is 5.10 Å². The second-order valence-electron chi connectivity index (χ2n) is 10.5. The van der Waals surface area contributed by atoms with Gasteiger partial charge in [-0.05, 0) is 94.5 Å². The minimum atomic E-state index is -0.664. The number of tetrazole rings is 1. The van der Waals surface area contributed by atoms with Crippen LogP contribution in [0.2, 0.25) is 0 Å². The molecule has 1 fully saturated rings. The second-order valence-corrected chi connectivity index (χ2v) is 10.5. The summed E-state index contributed by atoms with van der Waals surface area (Å²) in [6.45, 7) is 4.18. The average molecular weight is 500 g/mol. The molecule has 0 spiro atoms. The Morgan fingerprint density at radius 2 is 1.70 bits per heavy atom. The van der Waals surface area contributed by atoms with E-state index in [-0.39, 0.29) is 11.9 Å². The Labute approximate surface area is 218 Å². The summed E-state index contributed by atoms with van der Waals surface area (Å²) in [5.41, 5.74) is 13.6. The largest absolute Gasteiger partial charge is 0.388 e. The molecule has 5 rings (SSSR count). The van der Waals surface area contributed by atoms with Crippen LogP contribution in [0.4, 0.5) is 0 Å². The summed E-state index contributed by atoms with van der Waals surface area (Å²) >= 11 is 0. The van der Waals surface area contributed by atoms with Crippen molar-refractivity contribution in [2.24, 2.45) is 11.7 Å². The first-order chi connectivity index (χ1) is 18.0. The van der Waals surface area contributed by atoms with Crippen LogP contribution in [0.1, 0.15) is 82.5 Å². The normalized spacial score (nSPS) is 20.3. The number of hydrogen-bond acceptors (Lipinski definition) is 6. The Morgan fingerprint density at radius 1 is 1.05 bits per heavy atom. The molecule has 2 aromatic carbocycles. The minimum absolute atomic E-state index is 0.0187. The van der Waals surface area contributed by atoms with Crippen LogP contribution in [0.25, 0.3) is 5.70 Å². The van der Waals surface area contributed by atoms with Crippen LogP contribution in [0, 0.1) is 5.92 Å². The average Bonchev–Trinajstić information content (AvgIpc) is 3.45. The highest BCUT2D eigenvalue weighted by Crippen LogP contribution is 2.48. The molecule has 8 nitrogen and oxygen atoms in total.